The number of pyridine rings is 1. The van der Waals surface area contributed by atoms with Crippen LogP contribution in [0, 0.1) is 0 Å². The van der Waals surface area contributed by atoms with Gasteiger partial charge in [-0.25, -0.2) is 13.4 Å². The lowest BCUT2D eigenvalue weighted by Crippen LogP contribution is -2.55. The lowest BCUT2D eigenvalue weighted by Gasteiger charge is -2.40. The molecule has 1 aromatic heterocycles. The second-order valence-electron chi connectivity index (χ2n) is 9.25. The molecule has 1 amide bonds. The molecule has 0 unspecified atom stereocenters. The van der Waals surface area contributed by atoms with Crippen molar-refractivity contribution < 1.29 is 17.9 Å². The molecule has 3 atom stereocenters. The highest BCUT2D eigenvalue weighted by Gasteiger charge is 2.43. The summed E-state index contributed by atoms with van der Waals surface area (Å²) in [4.78, 5) is 19.9. The van der Waals surface area contributed by atoms with Gasteiger partial charge >= 0.3 is 0 Å². The average molecular weight is 512 g/mol. The molecule has 2 aromatic rings. The summed E-state index contributed by atoms with van der Waals surface area (Å²) >= 11 is 12.0. The first-order valence-electron chi connectivity index (χ1n) is 10.8. The van der Waals surface area contributed by atoms with Crippen molar-refractivity contribution in [1.29, 1.82) is 0 Å². The Bertz CT molecular complexity index is 1140. The van der Waals surface area contributed by atoms with Crippen molar-refractivity contribution in [3.63, 3.8) is 0 Å². The van der Waals surface area contributed by atoms with Gasteiger partial charge in [0.1, 0.15) is 11.6 Å². The molecule has 2 bridgehead atoms. The molecule has 0 aliphatic carbocycles. The SMILES string of the molecule is CC(C)(Oc1ccc(Cl)c(Cl)c1)C(=O)N[C@H]1C[C@H]2CC[C@@H](C1)N2c1ccc(S(C)(=O)=O)cn1. The van der Waals surface area contributed by atoms with E-state index in [1.807, 2.05) is 0 Å². The normalized spacial score (nSPS) is 22.8. The number of benzene rings is 1. The molecule has 1 N–H and O–H groups in total. The molecule has 2 saturated heterocycles. The highest BCUT2D eigenvalue weighted by Crippen LogP contribution is 2.39. The van der Waals surface area contributed by atoms with Gasteiger partial charge in [0.2, 0.25) is 0 Å². The van der Waals surface area contributed by atoms with Crippen LogP contribution in [0.2, 0.25) is 10.0 Å². The van der Waals surface area contributed by atoms with Crippen molar-refractivity contribution in [1.82, 2.24) is 10.3 Å². The van der Waals surface area contributed by atoms with Crippen molar-refractivity contribution in [3.8, 4) is 5.75 Å². The number of hydrogen-bond acceptors (Lipinski definition) is 6. The monoisotopic (exact) mass is 511 g/mol. The minimum Gasteiger partial charge on any atom is -0.478 e. The van der Waals surface area contributed by atoms with Gasteiger partial charge in [-0.15, -0.1) is 0 Å². The molecule has 10 heteroatoms. The summed E-state index contributed by atoms with van der Waals surface area (Å²) in [6.07, 6.45) is 6.20. The van der Waals surface area contributed by atoms with Gasteiger partial charge < -0.3 is 15.0 Å². The molecule has 33 heavy (non-hydrogen) atoms. The molecule has 2 aliphatic rings. The van der Waals surface area contributed by atoms with Gasteiger partial charge in [-0.3, -0.25) is 4.79 Å². The molecule has 4 rings (SSSR count). The predicted octanol–water partition coefficient (Wildman–Crippen LogP) is 4.27. The quantitative estimate of drug-likeness (QED) is 0.622. The molecule has 178 valence electrons. The number of fused-ring (bicyclic) bond motifs is 2. The second kappa shape index (κ2) is 8.96. The third kappa shape index (κ3) is 5.23. The average Bonchev–Trinajstić information content (AvgIpc) is 3.00. The summed E-state index contributed by atoms with van der Waals surface area (Å²) in [5, 5.41) is 3.95. The minimum atomic E-state index is -3.28. The van der Waals surface area contributed by atoms with E-state index in [0.717, 1.165) is 31.5 Å². The highest BCUT2D eigenvalue weighted by molar-refractivity contribution is 7.90. The van der Waals surface area contributed by atoms with Crippen LogP contribution >= 0.6 is 23.2 Å². The number of hydrogen-bond donors (Lipinski definition) is 1. The number of nitrogens with zero attached hydrogens (tertiary/aromatic N) is 2. The number of sulfone groups is 1. The van der Waals surface area contributed by atoms with Gasteiger partial charge in [-0.05, 0) is 63.8 Å². The van der Waals surface area contributed by atoms with Gasteiger partial charge in [0.05, 0.1) is 14.9 Å². The van der Waals surface area contributed by atoms with E-state index < -0.39 is 15.4 Å². The van der Waals surface area contributed by atoms with Crippen LogP contribution in [-0.2, 0) is 14.6 Å². The minimum absolute atomic E-state index is 0.0261. The molecular weight excluding hydrogens is 485 g/mol. The Labute approximate surface area is 204 Å². The molecule has 0 spiro atoms. The van der Waals surface area contributed by atoms with Crippen LogP contribution < -0.4 is 15.0 Å². The Balaban J connectivity index is 1.40. The predicted molar refractivity (Wildman–Crippen MR) is 129 cm³/mol. The topological polar surface area (TPSA) is 88.6 Å². The maximum absolute atomic E-state index is 13.0. The van der Waals surface area contributed by atoms with E-state index in [4.69, 9.17) is 27.9 Å². The first-order chi connectivity index (χ1) is 15.4. The molecule has 2 aliphatic heterocycles. The molecular formula is C23H27Cl2N3O4S. The maximum Gasteiger partial charge on any atom is 0.263 e. The smallest absolute Gasteiger partial charge is 0.263 e. The molecule has 3 heterocycles. The van der Waals surface area contributed by atoms with Crippen molar-refractivity contribution in [2.45, 2.75) is 68.2 Å². The van der Waals surface area contributed by atoms with Crippen molar-refractivity contribution in [2.24, 2.45) is 0 Å². The number of ether oxygens (including phenoxy) is 1. The van der Waals surface area contributed by atoms with E-state index in [0.29, 0.717) is 15.8 Å². The van der Waals surface area contributed by atoms with Crippen LogP contribution in [0.25, 0.3) is 0 Å². The second-order valence-corrected chi connectivity index (χ2v) is 12.1. The van der Waals surface area contributed by atoms with Gasteiger partial charge in [-0.2, -0.15) is 0 Å². The highest BCUT2D eigenvalue weighted by atomic mass is 35.5. The van der Waals surface area contributed by atoms with Gasteiger partial charge in [0, 0.05) is 36.6 Å². The van der Waals surface area contributed by atoms with Crippen LogP contribution in [0.5, 0.6) is 5.75 Å². The van der Waals surface area contributed by atoms with E-state index in [-0.39, 0.29) is 28.9 Å². The summed E-state index contributed by atoms with van der Waals surface area (Å²) in [6, 6.07) is 8.80. The Hall–Kier alpha value is -2.03. The largest absolute Gasteiger partial charge is 0.478 e. The number of rotatable bonds is 6. The van der Waals surface area contributed by atoms with Crippen LogP contribution in [0.1, 0.15) is 39.5 Å². The third-order valence-electron chi connectivity index (χ3n) is 6.29. The van der Waals surface area contributed by atoms with Gasteiger partial charge in [-0.1, -0.05) is 23.2 Å². The molecule has 0 radical (unpaired) electrons. The Morgan fingerprint density at radius 3 is 2.33 bits per heavy atom. The summed E-state index contributed by atoms with van der Waals surface area (Å²) in [5.74, 6) is 1.06. The summed E-state index contributed by atoms with van der Waals surface area (Å²) in [6.45, 7) is 3.45. The summed E-state index contributed by atoms with van der Waals surface area (Å²) < 4.78 is 29.4. The molecule has 2 fully saturated rings. The lowest BCUT2D eigenvalue weighted by molar-refractivity contribution is -0.135. The number of halogens is 2. The van der Waals surface area contributed by atoms with E-state index in [9.17, 15) is 13.2 Å². The van der Waals surface area contributed by atoms with E-state index in [1.54, 1.807) is 44.2 Å². The van der Waals surface area contributed by atoms with Crippen molar-refractivity contribution in [3.05, 3.63) is 46.6 Å². The van der Waals surface area contributed by atoms with Crippen LogP contribution in [0.4, 0.5) is 5.82 Å². The van der Waals surface area contributed by atoms with E-state index in [1.165, 1.54) is 12.5 Å². The zero-order valence-corrected chi connectivity index (χ0v) is 21.0. The van der Waals surface area contributed by atoms with Crippen LogP contribution in [0.3, 0.4) is 0 Å². The zero-order chi connectivity index (χ0) is 24.0. The standard InChI is InChI=1S/C23H27Cl2N3O4S/c1-23(2,32-17-6-8-19(24)20(25)12-17)22(29)27-14-10-15-4-5-16(11-14)28(15)21-9-7-18(13-26-21)33(3,30)31/h6-9,12-16H,4-5,10-11H2,1-3H3,(H,27,29)/t14-,15+,16-. The number of nitrogens with one attached hydrogen (secondary N) is 1. The first-order valence-corrected chi connectivity index (χ1v) is 13.5. The summed E-state index contributed by atoms with van der Waals surface area (Å²) in [7, 11) is -3.28. The molecule has 7 nitrogen and oxygen atoms in total. The van der Waals surface area contributed by atoms with E-state index >= 15 is 0 Å². The fraction of sp³-hybridized carbons (Fsp3) is 0.478. The van der Waals surface area contributed by atoms with Crippen molar-refractivity contribution in [2.75, 3.05) is 11.2 Å². The van der Waals surface area contributed by atoms with E-state index in [2.05, 4.69) is 15.2 Å². The number of carbonyl (C=O) groups is 1. The van der Waals surface area contributed by atoms with Gasteiger partial charge in [0.25, 0.3) is 5.91 Å². The Morgan fingerprint density at radius 1 is 1.12 bits per heavy atom. The number of carbonyl (C=O) groups excluding carboxylic acids is 1. The molecule has 1 aromatic carbocycles. The lowest BCUT2D eigenvalue weighted by atomic mass is 9.96. The third-order valence-corrected chi connectivity index (χ3v) is 8.13. The molecule has 0 saturated carbocycles. The number of amides is 1. The first kappa shape index (κ1) is 24.1. The van der Waals surface area contributed by atoms with Crippen LogP contribution in [0.15, 0.2) is 41.4 Å². The van der Waals surface area contributed by atoms with Gasteiger partial charge in [0.15, 0.2) is 15.4 Å². The maximum atomic E-state index is 13.0. The van der Waals surface area contributed by atoms with Crippen LogP contribution in [-0.4, -0.2) is 49.3 Å². The fourth-order valence-electron chi connectivity index (χ4n) is 4.65. The summed E-state index contributed by atoms with van der Waals surface area (Å²) in [5.41, 5.74) is -1.09. The number of piperidine rings is 1. The number of aromatic nitrogens is 1. The van der Waals surface area contributed by atoms with Crippen molar-refractivity contribution >= 4 is 44.8 Å². The Kier molecular flexibility index (Phi) is 6.55. The zero-order valence-electron chi connectivity index (χ0n) is 18.7. The fourth-order valence-corrected chi connectivity index (χ4v) is 5.50. The Morgan fingerprint density at radius 2 is 1.79 bits per heavy atom. The number of anilines is 1.